The zero-order valence-corrected chi connectivity index (χ0v) is 22.7. The van der Waals surface area contributed by atoms with E-state index in [0.717, 1.165) is 24.2 Å². The van der Waals surface area contributed by atoms with Gasteiger partial charge in [-0.1, -0.05) is 12.1 Å². The van der Waals surface area contributed by atoms with Gasteiger partial charge in [0.25, 0.3) is 0 Å². The summed E-state index contributed by atoms with van der Waals surface area (Å²) in [4.78, 5) is 42.0. The van der Waals surface area contributed by atoms with Crippen LogP contribution in [0.3, 0.4) is 0 Å². The second-order valence-electron chi connectivity index (χ2n) is 9.63. The second-order valence-corrected chi connectivity index (χ2v) is 9.63. The van der Waals surface area contributed by atoms with Gasteiger partial charge in [0.05, 0.1) is 24.8 Å². The highest BCUT2D eigenvalue weighted by molar-refractivity contribution is 5.94. The average Bonchev–Trinajstić information content (AvgIpc) is 3.61. The quantitative estimate of drug-likeness (QED) is 0.331. The zero-order chi connectivity index (χ0) is 28.5. The number of nitrogens with zero attached hydrogens (tertiary/aromatic N) is 2. The van der Waals surface area contributed by atoms with Gasteiger partial charge < -0.3 is 29.0 Å². The summed E-state index contributed by atoms with van der Waals surface area (Å²) in [6.45, 7) is 4.86. The van der Waals surface area contributed by atoms with Crippen molar-refractivity contribution in [3.8, 4) is 0 Å². The van der Waals surface area contributed by atoms with E-state index >= 15 is 0 Å². The van der Waals surface area contributed by atoms with E-state index in [4.69, 9.17) is 13.9 Å². The molecule has 212 valence electrons. The van der Waals surface area contributed by atoms with Crippen LogP contribution in [0.5, 0.6) is 0 Å². The SMILES string of the molecule is CCOC(=O)c1ccc(NC(=O)N(CC(=O)N(Cc2ccc(F)cc2)Cc2ccc(C)o2)CC2CCCO2)cc1. The molecule has 1 aromatic heterocycles. The van der Waals surface area contributed by atoms with Crippen molar-refractivity contribution >= 4 is 23.6 Å². The van der Waals surface area contributed by atoms with Crippen LogP contribution in [0, 0.1) is 12.7 Å². The zero-order valence-electron chi connectivity index (χ0n) is 22.7. The third-order valence-corrected chi connectivity index (χ3v) is 6.49. The number of aryl methyl sites for hydroxylation is 1. The van der Waals surface area contributed by atoms with Crippen molar-refractivity contribution in [2.45, 2.75) is 45.9 Å². The predicted molar refractivity (Wildman–Crippen MR) is 146 cm³/mol. The molecule has 2 heterocycles. The molecule has 10 heteroatoms. The Balaban J connectivity index is 1.49. The Hall–Kier alpha value is -4.18. The molecule has 0 aliphatic carbocycles. The van der Waals surface area contributed by atoms with Crippen molar-refractivity contribution < 1.29 is 32.7 Å². The molecule has 0 saturated carbocycles. The summed E-state index contributed by atoms with van der Waals surface area (Å²) in [5, 5.41) is 2.82. The smallest absolute Gasteiger partial charge is 0.338 e. The molecule has 40 heavy (non-hydrogen) atoms. The fraction of sp³-hybridized carbons (Fsp3) is 0.367. The molecule has 3 aromatic rings. The number of carbonyl (C=O) groups is 3. The molecule has 9 nitrogen and oxygen atoms in total. The first-order valence-corrected chi connectivity index (χ1v) is 13.3. The molecular formula is C30H34FN3O6. The molecule has 1 N–H and O–H groups in total. The van der Waals surface area contributed by atoms with Gasteiger partial charge in [-0.3, -0.25) is 4.79 Å². The number of urea groups is 1. The number of halogens is 1. The lowest BCUT2D eigenvalue weighted by molar-refractivity contribution is -0.133. The van der Waals surface area contributed by atoms with Crippen LogP contribution < -0.4 is 5.32 Å². The van der Waals surface area contributed by atoms with Crippen LogP contribution in [0.2, 0.25) is 0 Å². The standard InChI is InChI=1S/C30H34FN3O6/c1-3-38-29(36)23-9-13-25(14-10-23)32-30(37)34(18-26-5-4-16-39-26)20-28(35)33(19-27-15-6-21(2)40-27)17-22-7-11-24(31)12-8-22/h6-15,26H,3-5,16-20H2,1-2H3,(H,32,37). The van der Waals surface area contributed by atoms with Gasteiger partial charge in [-0.25, -0.2) is 14.0 Å². The predicted octanol–water partition coefficient (Wildman–Crippen LogP) is 5.15. The van der Waals surface area contributed by atoms with Gasteiger partial charge in [-0.15, -0.1) is 0 Å². The summed E-state index contributed by atoms with van der Waals surface area (Å²) in [7, 11) is 0. The van der Waals surface area contributed by atoms with E-state index in [1.54, 1.807) is 54.3 Å². The lowest BCUT2D eigenvalue weighted by Gasteiger charge is -2.29. The normalized spacial score (nSPS) is 14.5. The van der Waals surface area contributed by atoms with E-state index in [1.807, 2.05) is 13.0 Å². The number of rotatable bonds is 11. The number of ether oxygens (including phenoxy) is 2. The van der Waals surface area contributed by atoms with Gasteiger partial charge >= 0.3 is 12.0 Å². The summed E-state index contributed by atoms with van der Waals surface area (Å²) >= 11 is 0. The van der Waals surface area contributed by atoms with Crippen molar-refractivity contribution in [1.29, 1.82) is 0 Å². The fourth-order valence-corrected chi connectivity index (χ4v) is 4.42. The molecule has 0 spiro atoms. The monoisotopic (exact) mass is 551 g/mol. The van der Waals surface area contributed by atoms with Crippen LogP contribution in [-0.4, -0.2) is 60.1 Å². The van der Waals surface area contributed by atoms with E-state index in [1.165, 1.54) is 17.0 Å². The molecule has 0 radical (unpaired) electrons. The largest absolute Gasteiger partial charge is 0.464 e. The van der Waals surface area contributed by atoms with Gasteiger partial charge in [0.15, 0.2) is 0 Å². The van der Waals surface area contributed by atoms with Crippen molar-refractivity contribution in [3.05, 3.63) is 89.1 Å². The summed E-state index contributed by atoms with van der Waals surface area (Å²) in [5.74, 6) is 0.212. The second kappa shape index (κ2) is 13.7. The summed E-state index contributed by atoms with van der Waals surface area (Å²) < 4.78 is 29.9. The Bertz CT molecular complexity index is 1290. The third kappa shape index (κ3) is 8.16. The van der Waals surface area contributed by atoms with Gasteiger partial charge in [-0.2, -0.15) is 0 Å². The molecule has 2 aromatic carbocycles. The molecule has 1 aliphatic heterocycles. The molecule has 1 atom stereocenters. The number of carbonyl (C=O) groups excluding carboxylic acids is 3. The first kappa shape index (κ1) is 28.8. The molecule has 1 fully saturated rings. The van der Waals surface area contributed by atoms with Gasteiger partial charge in [0, 0.05) is 25.4 Å². The summed E-state index contributed by atoms with van der Waals surface area (Å²) in [6.07, 6.45) is 1.50. The maximum atomic E-state index is 13.6. The van der Waals surface area contributed by atoms with Crippen molar-refractivity contribution in [3.63, 3.8) is 0 Å². The van der Waals surface area contributed by atoms with Gasteiger partial charge in [0.1, 0.15) is 23.9 Å². The Kier molecular flexibility index (Phi) is 9.91. The maximum Gasteiger partial charge on any atom is 0.338 e. The number of nitrogens with one attached hydrogen (secondary N) is 1. The molecule has 1 unspecified atom stereocenters. The van der Waals surface area contributed by atoms with Crippen LogP contribution in [0.15, 0.2) is 65.1 Å². The molecule has 1 saturated heterocycles. The van der Waals surface area contributed by atoms with Gasteiger partial charge in [-0.05, 0) is 80.8 Å². The highest BCUT2D eigenvalue weighted by Gasteiger charge is 2.27. The minimum atomic E-state index is -0.469. The number of hydrogen-bond donors (Lipinski definition) is 1. The Morgan fingerprint density at radius 1 is 1.00 bits per heavy atom. The number of hydrogen-bond acceptors (Lipinski definition) is 6. The van der Waals surface area contributed by atoms with Crippen molar-refractivity contribution in [1.82, 2.24) is 9.80 Å². The number of benzene rings is 2. The topological polar surface area (TPSA) is 101 Å². The molecule has 1 aliphatic rings. The van der Waals surface area contributed by atoms with E-state index in [2.05, 4.69) is 5.32 Å². The number of anilines is 1. The van der Waals surface area contributed by atoms with E-state index < -0.39 is 12.0 Å². The van der Waals surface area contributed by atoms with E-state index in [0.29, 0.717) is 23.6 Å². The average molecular weight is 552 g/mol. The minimum absolute atomic E-state index is 0.178. The van der Waals surface area contributed by atoms with Crippen LogP contribution >= 0.6 is 0 Å². The molecule has 4 rings (SSSR count). The number of esters is 1. The van der Waals surface area contributed by atoms with Crippen LogP contribution in [0.4, 0.5) is 14.9 Å². The lowest BCUT2D eigenvalue weighted by atomic mass is 10.2. The Morgan fingerprint density at radius 2 is 1.75 bits per heavy atom. The molecule has 3 amide bonds. The molecular weight excluding hydrogens is 517 g/mol. The highest BCUT2D eigenvalue weighted by Crippen LogP contribution is 2.18. The minimum Gasteiger partial charge on any atom is -0.464 e. The van der Waals surface area contributed by atoms with Crippen molar-refractivity contribution in [2.24, 2.45) is 0 Å². The first-order chi connectivity index (χ1) is 19.3. The summed E-state index contributed by atoms with van der Waals surface area (Å²) in [6, 6.07) is 15.4. The van der Waals surface area contributed by atoms with Crippen LogP contribution in [0.25, 0.3) is 0 Å². The number of furan rings is 1. The summed E-state index contributed by atoms with van der Waals surface area (Å²) in [5.41, 5.74) is 1.59. The number of amides is 3. The fourth-order valence-electron chi connectivity index (χ4n) is 4.42. The van der Waals surface area contributed by atoms with Crippen molar-refractivity contribution in [2.75, 3.05) is 31.6 Å². The lowest BCUT2D eigenvalue weighted by Crippen LogP contribution is -2.46. The Morgan fingerprint density at radius 3 is 2.38 bits per heavy atom. The third-order valence-electron chi connectivity index (χ3n) is 6.49. The highest BCUT2D eigenvalue weighted by atomic mass is 19.1. The van der Waals surface area contributed by atoms with Gasteiger partial charge in [0.2, 0.25) is 5.91 Å². The van der Waals surface area contributed by atoms with Crippen LogP contribution in [-0.2, 0) is 27.4 Å². The van der Waals surface area contributed by atoms with E-state index in [9.17, 15) is 18.8 Å². The first-order valence-electron chi connectivity index (χ1n) is 13.3. The Labute approximate surface area is 232 Å². The van der Waals surface area contributed by atoms with E-state index in [-0.39, 0.29) is 50.6 Å². The maximum absolute atomic E-state index is 13.6. The molecule has 0 bridgehead atoms. The van der Waals surface area contributed by atoms with Crippen LogP contribution in [0.1, 0.15) is 47.2 Å².